The number of benzene rings is 1. The number of hydrogen-bond donors (Lipinski definition) is 1. The van der Waals surface area contributed by atoms with Crippen LogP contribution in [0.15, 0.2) is 24.3 Å². The zero-order valence-corrected chi connectivity index (χ0v) is 11.8. The van der Waals surface area contributed by atoms with Crippen LogP contribution in [0.5, 0.6) is 0 Å². The van der Waals surface area contributed by atoms with Gasteiger partial charge in [-0.2, -0.15) is 0 Å². The third-order valence-electron chi connectivity index (χ3n) is 4.34. The molecule has 2 rings (SSSR count). The minimum atomic E-state index is -0.484. The fourth-order valence-electron chi connectivity index (χ4n) is 2.80. The SMILES string of the molecule is C[C@@H]1[C@@H](C)CCC[C@H]1NC(=O)c1cccc([N+](=O)[O-])c1. The monoisotopic (exact) mass is 276 g/mol. The van der Waals surface area contributed by atoms with Crippen LogP contribution in [0.4, 0.5) is 5.69 Å². The molecule has 1 amide bonds. The predicted molar refractivity (Wildman–Crippen MR) is 76.5 cm³/mol. The third kappa shape index (κ3) is 3.15. The number of rotatable bonds is 3. The van der Waals surface area contributed by atoms with Crippen LogP contribution in [0.25, 0.3) is 0 Å². The molecule has 1 fully saturated rings. The molecule has 5 nitrogen and oxygen atoms in total. The molecular weight excluding hydrogens is 256 g/mol. The number of nitro benzene ring substituents is 1. The van der Waals surface area contributed by atoms with E-state index >= 15 is 0 Å². The van der Waals surface area contributed by atoms with Crippen molar-refractivity contribution in [2.24, 2.45) is 11.8 Å². The van der Waals surface area contributed by atoms with Gasteiger partial charge in [0.05, 0.1) is 4.92 Å². The highest BCUT2D eigenvalue weighted by Crippen LogP contribution is 2.29. The number of nitrogens with one attached hydrogen (secondary N) is 1. The standard InChI is InChI=1S/C15H20N2O3/c1-10-5-3-8-14(11(10)2)16-15(18)12-6-4-7-13(9-12)17(19)20/h4,6-7,9-11,14H,3,5,8H2,1-2H3,(H,16,18)/t10-,11+,14+/m0/s1. The van der Waals surface area contributed by atoms with Gasteiger partial charge in [-0.05, 0) is 24.3 Å². The smallest absolute Gasteiger partial charge is 0.270 e. The molecule has 0 unspecified atom stereocenters. The summed E-state index contributed by atoms with van der Waals surface area (Å²) in [6.07, 6.45) is 3.29. The van der Waals surface area contributed by atoms with E-state index in [1.54, 1.807) is 12.1 Å². The molecule has 1 aliphatic rings. The molecule has 1 N–H and O–H groups in total. The number of carbonyl (C=O) groups is 1. The lowest BCUT2D eigenvalue weighted by Crippen LogP contribution is -2.43. The number of nitrogens with zero attached hydrogens (tertiary/aromatic N) is 1. The van der Waals surface area contributed by atoms with E-state index in [0.29, 0.717) is 17.4 Å². The van der Waals surface area contributed by atoms with Gasteiger partial charge in [-0.3, -0.25) is 14.9 Å². The first kappa shape index (κ1) is 14.5. The molecule has 0 spiro atoms. The van der Waals surface area contributed by atoms with Crippen molar-refractivity contribution in [3.63, 3.8) is 0 Å². The molecule has 0 saturated heterocycles. The normalized spacial score (nSPS) is 26.0. The van der Waals surface area contributed by atoms with Crippen LogP contribution in [0.2, 0.25) is 0 Å². The quantitative estimate of drug-likeness (QED) is 0.681. The first-order valence-corrected chi connectivity index (χ1v) is 7.04. The van der Waals surface area contributed by atoms with Gasteiger partial charge in [-0.15, -0.1) is 0 Å². The molecule has 1 saturated carbocycles. The van der Waals surface area contributed by atoms with E-state index in [9.17, 15) is 14.9 Å². The number of amides is 1. The molecule has 108 valence electrons. The van der Waals surface area contributed by atoms with Crippen LogP contribution in [-0.2, 0) is 0 Å². The van der Waals surface area contributed by atoms with E-state index in [-0.39, 0.29) is 17.6 Å². The molecule has 0 radical (unpaired) electrons. The molecule has 5 heteroatoms. The highest BCUT2D eigenvalue weighted by Gasteiger charge is 2.28. The van der Waals surface area contributed by atoms with E-state index in [2.05, 4.69) is 19.2 Å². The Balaban J connectivity index is 2.08. The van der Waals surface area contributed by atoms with E-state index in [0.717, 1.165) is 12.8 Å². The van der Waals surface area contributed by atoms with Gasteiger partial charge in [0, 0.05) is 23.7 Å². The van der Waals surface area contributed by atoms with Crippen LogP contribution >= 0.6 is 0 Å². The zero-order valence-electron chi connectivity index (χ0n) is 11.8. The lowest BCUT2D eigenvalue weighted by molar-refractivity contribution is -0.384. The Hall–Kier alpha value is -1.91. The van der Waals surface area contributed by atoms with Gasteiger partial charge in [-0.1, -0.05) is 32.8 Å². The second-order valence-corrected chi connectivity index (χ2v) is 5.65. The summed E-state index contributed by atoms with van der Waals surface area (Å²) in [4.78, 5) is 22.5. The van der Waals surface area contributed by atoms with Crippen LogP contribution < -0.4 is 5.32 Å². The first-order valence-electron chi connectivity index (χ1n) is 7.04. The van der Waals surface area contributed by atoms with Crippen LogP contribution in [0.3, 0.4) is 0 Å². The van der Waals surface area contributed by atoms with Crippen molar-refractivity contribution in [3.8, 4) is 0 Å². The van der Waals surface area contributed by atoms with Gasteiger partial charge in [-0.25, -0.2) is 0 Å². The van der Waals surface area contributed by atoms with Crippen molar-refractivity contribution in [1.29, 1.82) is 0 Å². The minimum absolute atomic E-state index is 0.0530. The summed E-state index contributed by atoms with van der Waals surface area (Å²) in [6, 6.07) is 6.03. The van der Waals surface area contributed by atoms with Crippen LogP contribution in [0, 0.1) is 22.0 Å². The first-order chi connectivity index (χ1) is 9.49. The molecule has 0 aliphatic heterocycles. The van der Waals surface area contributed by atoms with Crippen LogP contribution in [0.1, 0.15) is 43.5 Å². The average Bonchev–Trinajstić information content (AvgIpc) is 2.44. The van der Waals surface area contributed by atoms with Gasteiger partial charge in [0.2, 0.25) is 0 Å². The van der Waals surface area contributed by atoms with Crippen molar-refractivity contribution < 1.29 is 9.72 Å². The Kier molecular flexibility index (Phi) is 4.37. The summed E-state index contributed by atoms with van der Waals surface area (Å²) in [6.45, 7) is 4.36. The van der Waals surface area contributed by atoms with Crippen molar-refractivity contribution in [1.82, 2.24) is 5.32 Å². The molecule has 0 bridgehead atoms. The Morgan fingerprint density at radius 2 is 2.10 bits per heavy atom. The summed E-state index contributed by atoms with van der Waals surface area (Å²) in [5.41, 5.74) is 0.298. The van der Waals surface area contributed by atoms with Gasteiger partial charge in [0.25, 0.3) is 11.6 Å². The Morgan fingerprint density at radius 1 is 1.35 bits per heavy atom. The molecule has 20 heavy (non-hydrogen) atoms. The number of non-ortho nitro benzene ring substituents is 1. The van der Waals surface area contributed by atoms with Gasteiger partial charge in [0.1, 0.15) is 0 Å². The largest absolute Gasteiger partial charge is 0.349 e. The Morgan fingerprint density at radius 3 is 2.80 bits per heavy atom. The molecule has 0 heterocycles. The van der Waals surface area contributed by atoms with Crippen LogP contribution in [-0.4, -0.2) is 16.9 Å². The predicted octanol–water partition coefficient (Wildman–Crippen LogP) is 3.15. The maximum absolute atomic E-state index is 12.2. The lowest BCUT2D eigenvalue weighted by atomic mass is 9.78. The van der Waals surface area contributed by atoms with Crippen molar-refractivity contribution in [2.45, 2.75) is 39.2 Å². The summed E-state index contributed by atoms with van der Waals surface area (Å²) >= 11 is 0. The molecule has 0 aromatic heterocycles. The van der Waals surface area contributed by atoms with Crippen molar-refractivity contribution >= 4 is 11.6 Å². The number of nitro groups is 1. The fraction of sp³-hybridized carbons (Fsp3) is 0.533. The second-order valence-electron chi connectivity index (χ2n) is 5.65. The molecule has 1 aliphatic carbocycles. The topological polar surface area (TPSA) is 72.2 Å². The highest BCUT2D eigenvalue weighted by atomic mass is 16.6. The molecule has 3 atom stereocenters. The summed E-state index contributed by atoms with van der Waals surface area (Å²) in [5.74, 6) is 0.810. The Bertz CT molecular complexity index is 516. The van der Waals surface area contributed by atoms with Gasteiger partial charge < -0.3 is 5.32 Å². The average molecular weight is 276 g/mol. The third-order valence-corrected chi connectivity index (χ3v) is 4.34. The number of hydrogen-bond acceptors (Lipinski definition) is 3. The second kappa shape index (κ2) is 6.03. The van der Waals surface area contributed by atoms with E-state index in [4.69, 9.17) is 0 Å². The number of carbonyl (C=O) groups excluding carboxylic acids is 1. The lowest BCUT2D eigenvalue weighted by Gasteiger charge is -2.34. The summed E-state index contributed by atoms with van der Waals surface area (Å²) in [7, 11) is 0. The fourth-order valence-corrected chi connectivity index (χ4v) is 2.80. The van der Waals surface area contributed by atoms with E-state index in [1.807, 2.05) is 0 Å². The van der Waals surface area contributed by atoms with Gasteiger partial charge >= 0.3 is 0 Å². The van der Waals surface area contributed by atoms with E-state index in [1.165, 1.54) is 18.6 Å². The maximum atomic E-state index is 12.2. The highest BCUT2D eigenvalue weighted by molar-refractivity contribution is 5.95. The Labute approximate surface area is 118 Å². The molecular formula is C15H20N2O3. The zero-order chi connectivity index (χ0) is 14.7. The minimum Gasteiger partial charge on any atom is -0.349 e. The summed E-state index contributed by atoms with van der Waals surface area (Å²) < 4.78 is 0. The van der Waals surface area contributed by atoms with E-state index < -0.39 is 4.92 Å². The van der Waals surface area contributed by atoms with Gasteiger partial charge in [0.15, 0.2) is 0 Å². The summed E-state index contributed by atoms with van der Waals surface area (Å²) in [5, 5.41) is 13.8. The molecule has 1 aromatic rings. The molecule has 1 aromatic carbocycles. The van der Waals surface area contributed by atoms with Crippen molar-refractivity contribution in [2.75, 3.05) is 0 Å². The van der Waals surface area contributed by atoms with Crippen molar-refractivity contribution in [3.05, 3.63) is 39.9 Å². The maximum Gasteiger partial charge on any atom is 0.270 e.